The Morgan fingerprint density at radius 2 is 2.22 bits per heavy atom. The molecule has 1 aliphatic rings. The second kappa shape index (κ2) is 5.96. The molecule has 6 nitrogen and oxygen atoms in total. The number of nitrogens with one attached hydrogen (secondary N) is 2. The highest BCUT2D eigenvalue weighted by atomic mass is 15.1. The number of aryl methyl sites for hydroxylation is 1. The van der Waals surface area contributed by atoms with Crippen molar-refractivity contribution in [3.05, 3.63) is 42.5 Å². The van der Waals surface area contributed by atoms with E-state index in [0.29, 0.717) is 6.04 Å². The van der Waals surface area contributed by atoms with E-state index in [1.807, 2.05) is 48.1 Å². The van der Waals surface area contributed by atoms with E-state index >= 15 is 0 Å². The molecule has 0 bridgehead atoms. The third kappa shape index (κ3) is 2.77. The molecule has 1 atom stereocenters. The highest BCUT2D eigenvalue weighted by molar-refractivity contribution is 5.61. The van der Waals surface area contributed by atoms with Crippen LogP contribution in [-0.2, 0) is 0 Å². The van der Waals surface area contributed by atoms with Crippen LogP contribution >= 0.6 is 0 Å². The van der Waals surface area contributed by atoms with Gasteiger partial charge in [-0.2, -0.15) is 0 Å². The molecule has 23 heavy (non-hydrogen) atoms. The Balaban J connectivity index is 1.68. The zero-order valence-corrected chi connectivity index (χ0v) is 13.2. The van der Waals surface area contributed by atoms with Crippen molar-refractivity contribution in [2.45, 2.75) is 25.8 Å². The lowest BCUT2D eigenvalue weighted by Crippen LogP contribution is -2.38. The molecule has 0 saturated carbocycles. The van der Waals surface area contributed by atoms with Crippen molar-refractivity contribution in [3.63, 3.8) is 0 Å². The highest BCUT2D eigenvalue weighted by Crippen LogP contribution is 2.22. The first-order valence-corrected chi connectivity index (χ1v) is 8.04. The molecule has 0 amide bonds. The fourth-order valence-electron chi connectivity index (χ4n) is 3.00. The minimum Gasteiger partial charge on any atom is -0.365 e. The van der Waals surface area contributed by atoms with Crippen LogP contribution in [0.2, 0.25) is 0 Å². The summed E-state index contributed by atoms with van der Waals surface area (Å²) in [6.45, 7) is 4.06. The number of nitrogens with zero attached hydrogens (tertiary/aromatic N) is 4. The van der Waals surface area contributed by atoms with Crippen molar-refractivity contribution in [1.82, 2.24) is 24.7 Å². The van der Waals surface area contributed by atoms with Crippen LogP contribution in [0.15, 0.2) is 36.8 Å². The number of rotatable bonds is 3. The normalized spacial score (nSPS) is 18.2. The zero-order valence-electron chi connectivity index (χ0n) is 13.2. The van der Waals surface area contributed by atoms with Crippen LogP contribution in [0.4, 0.5) is 5.82 Å². The lowest BCUT2D eigenvalue weighted by molar-refractivity contribution is 0.478. The molecular weight excluding hydrogens is 288 g/mol. The van der Waals surface area contributed by atoms with Crippen LogP contribution in [0.1, 0.15) is 18.5 Å². The summed E-state index contributed by atoms with van der Waals surface area (Å²) in [6.07, 6.45) is 8.01. The van der Waals surface area contributed by atoms with E-state index in [2.05, 4.69) is 20.6 Å². The Morgan fingerprint density at radius 3 is 3.09 bits per heavy atom. The van der Waals surface area contributed by atoms with E-state index in [9.17, 15) is 0 Å². The van der Waals surface area contributed by atoms with E-state index in [1.165, 1.54) is 6.42 Å². The minimum atomic E-state index is 0.411. The SMILES string of the molecule is Cc1ncc(-c2cnc3ccccn23)nc1N[C@@H]1CCCNC1. The van der Waals surface area contributed by atoms with Crippen LogP contribution in [0.5, 0.6) is 0 Å². The Bertz CT molecular complexity index is 819. The van der Waals surface area contributed by atoms with Crippen LogP contribution in [0.3, 0.4) is 0 Å². The van der Waals surface area contributed by atoms with Gasteiger partial charge in [0.1, 0.15) is 17.2 Å². The topological polar surface area (TPSA) is 67.1 Å². The van der Waals surface area contributed by atoms with Crippen LogP contribution in [-0.4, -0.2) is 38.5 Å². The average Bonchev–Trinajstić information content (AvgIpc) is 3.02. The molecule has 0 spiro atoms. The minimum absolute atomic E-state index is 0.411. The molecule has 1 aliphatic heterocycles. The molecular formula is C17H20N6. The van der Waals surface area contributed by atoms with Crippen molar-refractivity contribution < 1.29 is 0 Å². The van der Waals surface area contributed by atoms with Gasteiger partial charge in [-0.15, -0.1) is 0 Å². The van der Waals surface area contributed by atoms with Crippen LogP contribution in [0.25, 0.3) is 17.0 Å². The predicted octanol–water partition coefficient (Wildman–Crippen LogP) is 2.26. The van der Waals surface area contributed by atoms with Crippen molar-refractivity contribution in [3.8, 4) is 11.4 Å². The van der Waals surface area contributed by atoms with E-state index in [1.54, 1.807) is 0 Å². The third-order valence-corrected chi connectivity index (χ3v) is 4.27. The van der Waals surface area contributed by atoms with Gasteiger partial charge in [-0.05, 0) is 38.4 Å². The fourth-order valence-corrected chi connectivity index (χ4v) is 3.00. The Hall–Kier alpha value is -2.47. The average molecular weight is 308 g/mol. The van der Waals surface area contributed by atoms with Crippen LogP contribution < -0.4 is 10.6 Å². The molecule has 3 aromatic rings. The number of hydrogen-bond acceptors (Lipinski definition) is 5. The van der Waals surface area contributed by atoms with Crippen molar-refractivity contribution >= 4 is 11.5 Å². The molecule has 0 unspecified atom stereocenters. The second-order valence-electron chi connectivity index (χ2n) is 5.95. The molecule has 4 rings (SSSR count). The summed E-state index contributed by atoms with van der Waals surface area (Å²) in [4.78, 5) is 13.7. The van der Waals surface area contributed by atoms with Gasteiger partial charge in [0.2, 0.25) is 0 Å². The number of aromatic nitrogens is 4. The Morgan fingerprint density at radius 1 is 1.26 bits per heavy atom. The number of hydrogen-bond donors (Lipinski definition) is 2. The van der Waals surface area contributed by atoms with Crippen molar-refractivity contribution in [2.75, 3.05) is 18.4 Å². The monoisotopic (exact) mass is 308 g/mol. The summed E-state index contributed by atoms with van der Waals surface area (Å²) < 4.78 is 2.03. The summed E-state index contributed by atoms with van der Waals surface area (Å²) >= 11 is 0. The van der Waals surface area contributed by atoms with E-state index in [-0.39, 0.29) is 0 Å². The molecule has 2 N–H and O–H groups in total. The summed E-state index contributed by atoms with van der Waals surface area (Å²) in [7, 11) is 0. The third-order valence-electron chi connectivity index (χ3n) is 4.27. The Labute approximate surface area is 135 Å². The molecule has 6 heteroatoms. The number of anilines is 1. The predicted molar refractivity (Wildman–Crippen MR) is 90.5 cm³/mol. The van der Waals surface area contributed by atoms with E-state index < -0.39 is 0 Å². The van der Waals surface area contributed by atoms with Gasteiger partial charge in [0.05, 0.1) is 23.8 Å². The van der Waals surface area contributed by atoms with E-state index in [0.717, 1.165) is 48.1 Å². The smallest absolute Gasteiger partial charge is 0.148 e. The molecule has 4 heterocycles. The first-order valence-electron chi connectivity index (χ1n) is 8.04. The van der Waals surface area contributed by atoms with Crippen molar-refractivity contribution in [1.29, 1.82) is 0 Å². The zero-order chi connectivity index (χ0) is 15.6. The van der Waals surface area contributed by atoms with Crippen molar-refractivity contribution in [2.24, 2.45) is 0 Å². The quantitative estimate of drug-likeness (QED) is 0.777. The molecule has 1 fully saturated rings. The number of pyridine rings is 1. The maximum Gasteiger partial charge on any atom is 0.148 e. The fraction of sp³-hybridized carbons (Fsp3) is 0.353. The summed E-state index contributed by atoms with van der Waals surface area (Å²) in [6, 6.07) is 6.37. The standard InChI is InChI=1S/C17H20N6/c1-12-17(21-13-5-4-7-18-9-13)22-14(10-19-12)15-11-20-16-6-2-3-8-23(15)16/h2-3,6,8,10-11,13,18H,4-5,7,9H2,1H3,(H,21,22)/t13-/m1/s1. The first-order chi connectivity index (χ1) is 11.3. The molecule has 0 aliphatic carbocycles. The lowest BCUT2D eigenvalue weighted by Gasteiger charge is -2.24. The second-order valence-corrected chi connectivity index (χ2v) is 5.95. The molecule has 0 radical (unpaired) electrons. The van der Waals surface area contributed by atoms with Gasteiger partial charge in [-0.25, -0.2) is 9.97 Å². The number of fused-ring (bicyclic) bond motifs is 1. The van der Waals surface area contributed by atoms with E-state index in [4.69, 9.17) is 4.98 Å². The number of piperidine rings is 1. The lowest BCUT2D eigenvalue weighted by atomic mass is 10.1. The van der Waals surface area contributed by atoms with Gasteiger partial charge in [-0.1, -0.05) is 6.07 Å². The molecule has 118 valence electrons. The maximum absolute atomic E-state index is 4.80. The Kier molecular flexibility index (Phi) is 3.67. The summed E-state index contributed by atoms with van der Waals surface area (Å²) in [5.41, 5.74) is 3.63. The molecule has 0 aromatic carbocycles. The van der Waals surface area contributed by atoms with Gasteiger partial charge in [0.25, 0.3) is 0 Å². The molecule has 3 aromatic heterocycles. The number of imidazole rings is 1. The highest BCUT2D eigenvalue weighted by Gasteiger charge is 2.16. The van der Waals surface area contributed by atoms with Gasteiger partial charge < -0.3 is 10.6 Å². The maximum atomic E-state index is 4.80. The first kappa shape index (κ1) is 14.1. The summed E-state index contributed by atoms with van der Waals surface area (Å²) in [5, 5.41) is 6.95. The largest absolute Gasteiger partial charge is 0.365 e. The van der Waals surface area contributed by atoms with Gasteiger partial charge in [0.15, 0.2) is 0 Å². The summed E-state index contributed by atoms with van der Waals surface area (Å²) in [5.74, 6) is 0.863. The van der Waals surface area contributed by atoms with Gasteiger partial charge >= 0.3 is 0 Å². The van der Waals surface area contributed by atoms with Crippen LogP contribution in [0, 0.1) is 6.92 Å². The molecule has 1 saturated heterocycles. The van der Waals surface area contributed by atoms with Gasteiger partial charge in [0, 0.05) is 18.8 Å². The van der Waals surface area contributed by atoms with Gasteiger partial charge in [-0.3, -0.25) is 9.38 Å².